The zero-order valence-corrected chi connectivity index (χ0v) is 10.6. The number of phenolic OH excluding ortho intramolecular Hbond substituents is 1. The average Bonchev–Trinajstić information content (AvgIpc) is 2.28. The van der Waals surface area contributed by atoms with E-state index in [0.29, 0.717) is 12.1 Å². The molecule has 1 amide bonds. The van der Waals surface area contributed by atoms with Crippen molar-refractivity contribution in [3.8, 4) is 5.75 Å². The van der Waals surface area contributed by atoms with E-state index in [1.807, 2.05) is 6.92 Å². The Kier molecular flexibility index (Phi) is 4.52. The summed E-state index contributed by atoms with van der Waals surface area (Å²) >= 11 is 0. The number of benzene rings is 1. The number of nitrogens with two attached hydrogens (primary N) is 1. The van der Waals surface area contributed by atoms with Crippen molar-refractivity contribution >= 4 is 5.91 Å². The molecule has 1 unspecified atom stereocenters. The lowest BCUT2D eigenvalue weighted by Gasteiger charge is -2.18. The fourth-order valence-corrected chi connectivity index (χ4v) is 1.46. The lowest BCUT2D eigenvalue weighted by Crippen LogP contribution is -2.31. The molecule has 0 spiro atoms. The maximum atomic E-state index is 12.0. The molecule has 0 aliphatic rings. The highest BCUT2D eigenvalue weighted by molar-refractivity contribution is 5.94. The normalized spacial score (nSPS) is 12.2. The summed E-state index contributed by atoms with van der Waals surface area (Å²) in [6, 6.07) is 5.04. The molecule has 0 bridgehead atoms. The summed E-state index contributed by atoms with van der Waals surface area (Å²) in [5, 5.41) is 9.56. The van der Waals surface area contributed by atoms with Gasteiger partial charge < -0.3 is 15.7 Å². The summed E-state index contributed by atoms with van der Waals surface area (Å²) in [4.78, 5) is 13.6. The van der Waals surface area contributed by atoms with Crippen LogP contribution in [0.4, 0.5) is 0 Å². The minimum absolute atomic E-state index is 0.0803. The summed E-state index contributed by atoms with van der Waals surface area (Å²) < 4.78 is 0. The molecule has 0 aliphatic carbocycles. The van der Waals surface area contributed by atoms with Gasteiger partial charge in [-0.25, -0.2) is 0 Å². The maximum absolute atomic E-state index is 12.0. The number of hydrogen-bond acceptors (Lipinski definition) is 3. The lowest BCUT2D eigenvalue weighted by molar-refractivity contribution is 0.0791. The molecular formula is C13H20N2O2. The highest BCUT2D eigenvalue weighted by Crippen LogP contribution is 2.18. The molecular weight excluding hydrogens is 216 g/mol. The molecule has 0 saturated carbocycles. The number of carbonyl (C=O) groups is 1. The van der Waals surface area contributed by atoms with Gasteiger partial charge in [-0.05, 0) is 38.0 Å². The van der Waals surface area contributed by atoms with Gasteiger partial charge in [0, 0.05) is 25.2 Å². The van der Waals surface area contributed by atoms with Crippen LogP contribution in [0.15, 0.2) is 18.2 Å². The van der Waals surface area contributed by atoms with Gasteiger partial charge in [-0.2, -0.15) is 0 Å². The van der Waals surface area contributed by atoms with Crippen LogP contribution >= 0.6 is 0 Å². The Bertz CT molecular complexity index is 402. The van der Waals surface area contributed by atoms with Crippen LogP contribution in [0.3, 0.4) is 0 Å². The second kappa shape index (κ2) is 5.68. The molecule has 0 aromatic heterocycles. The molecule has 94 valence electrons. The number of amides is 1. The molecule has 0 fully saturated rings. The molecule has 17 heavy (non-hydrogen) atoms. The number of nitrogens with zero attached hydrogens (tertiary/aromatic N) is 1. The first-order chi connectivity index (χ1) is 7.91. The van der Waals surface area contributed by atoms with Gasteiger partial charge in [0.05, 0.1) is 0 Å². The first-order valence-corrected chi connectivity index (χ1v) is 5.72. The van der Waals surface area contributed by atoms with Crippen LogP contribution in [-0.2, 0) is 0 Å². The van der Waals surface area contributed by atoms with Crippen LogP contribution in [0.2, 0.25) is 0 Å². The Balaban J connectivity index is 2.71. The van der Waals surface area contributed by atoms with Gasteiger partial charge in [0.1, 0.15) is 5.75 Å². The molecule has 1 aromatic carbocycles. The van der Waals surface area contributed by atoms with Crippen molar-refractivity contribution < 1.29 is 9.90 Å². The number of carbonyl (C=O) groups excluding carboxylic acids is 1. The number of hydrogen-bond donors (Lipinski definition) is 2. The predicted molar refractivity (Wildman–Crippen MR) is 68.1 cm³/mol. The Morgan fingerprint density at radius 3 is 2.71 bits per heavy atom. The molecule has 1 atom stereocenters. The van der Waals surface area contributed by atoms with Crippen LogP contribution in [0.25, 0.3) is 0 Å². The Morgan fingerprint density at radius 2 is 2.18 bits per heavy atom. The molecule has 0 aliphatic heterocycles. The van der Waals surface area contributed by atoms with Gasteiger partial charge >= 0.3 is 0 Å². The Labute approximate surface area is 102 Å². The van der Waals surface area contributed by atoms with E-state index in [1.54, 1.807) is 31.0 Å². The molecule has 4 nitrogen and oxygen atoms in total. The fourth-order valence-electron chi connectivity index (χ4n) is 1.46. The fraction of sp³-hybridized carbons (Fsp3) is 0.462. The highest BCUT2D eigenvalue weighted by Gasteiger charge is 2.13. The third-order valence-electron chi connectivity index (χ3n) is 2.72. The van der Waals surface area contributed by atoms with E-state index < -0.39 is 0 Å². The van der Waals surface area contributed by atoms with E-state index in [9.17, 15) is 9.90 Å². The topological polar surface area (TPSA) is 66.6 Å². The molecule has 0 radical (unpaired) electrons. The van der Waals surface area contributed by atoms with E-state index in [-0.39, 0.29) is 17.7 Å². The van der Waals surface area contributed by atoms with Crippen LogP contribution in [0.5, 0.6) is 5.75 Å². The van der Waals surface area contributed by atoms with Gasteiger partial charge in [0.25, 0.3) is 5.91 Å². The number of rotatable bonds is 4. The Hall–Kier alpha value is -1.55. The van der Waals surface area contributed by atoms with E-state index in [4.69, 9.17) is 5.73 Å². The van der Waals surface area contributed by atoms with Crippen LogP contribution in [0, 0.1) is 6.92 Å². The summed E-state index contributed by atoms with van der Waals surface area (Å²) in [5.41, 5.74) is 6.91. The van der Waals surface area contributed by atoms with E-state index >= 15 is 0 Å². The summed E-state index contributed by atoms with van der Waals surface area (Å²) in [7, 11) is 1.74. The molecule has 1 aromatic rings. The first-order valence-electron chi connectivity index (χ1n) is 5.72. The van der Waals surface area contributed by atoms with Crippen molar-refractivity contribution in [2.75, 3.05) is 13.6 Å². The van der Waals surface area contributed by atoms with Gasteiger partial charge in [-0.15, -0.1) is 0 Å². The summed E-state index contributed by atoms with van der Waals surface area (Å²) in [6.45, 7) is 4.32. The monoisotopic (exact) mass is 236 g/mol. The smallest absolute Gasteiger partial charge is 0.253 e. The predicted octanol–water partition coefficient (Wildman–Crippen LogP) is 1.51. The second-order valence-corrected chi connectivity index (χ2v) is 4.49. The third-order valence-corrected chi connectivity index (χ3v) is 2.72. The van der Waals surface area contributed by atoms with Crippen LogP contribution in [0.1, 0.15) is 29.3 Å². The van der Waals surface area contributed by atoms with Gasteiger partial charge in [-0.3, -0.25) is 4.79 Å². The van der Waals surface area contributed by atoms with Crippen LogP contribution in [-0.4, -0.2) is 35.5 Å². The number of aryl methyl sites for hydroxylation is 1. The lowest BCUT2D eigenvalue weighted by atomic mass is 10.1. The molecule has 4 heteroatoms. The quantitative estimate of drug-likeness (QED) is 0.832. The van der Waals surface area contributed by atoms with Gasteiger partial charge in [-0.1, -0.05) is 6.07 Å². The zero-order chi connectivity index (χ0) is 13.0. The molecule has 0 saturated heterocycles. The van der Waals surface area contributed by atoms with Crippen molar-refractivity contribution in [1.82, 2.24) is 4.90 Å². The Morgan fingerprint density at radius 1 is 1.53 bits per heavy atom. The number of phenols is 1. The van der Waals surface area contributed by atoms with E-state index in [2.05, 4.69) is 0 Å². The van der Waals surface area contributed by atoms with Crippen molar-refractivity contribution in [2.45, 2.75) is 26.3 Å². The van der Waals surface area contributed by atoms with Gasteiger partial charge in [0.2, 0.25) is 0 Å². The van der Waals surface area contributed by atoms with Crippen molar-refractivity contribution in [3.63, 3.8) is 0 Å². The van der Waals surface area contributed by atoms with E-state index in [1.165, 1.54) is 6.07 Å². The van der Waals surface area contributed by atoms with Crippen LogP contribution < -0.4 is 5.73 Å². The van der Waals surface area contributed by atoms with Crippen molar-refractivity contribution in [3.05, 3.63) is 29.3 Å². The number of aromatic hydroxyl groups is 1. The molecule has 0 heterocycles. The second-order valence-electron chi connectivity index (χ2n) is 4.49. The average molecular weight is 236 g/mol. The SMILES string of the molecule is Cc1ccc(C(=O)N(C)CCC(C)N)cc1O. The highest BCUT2D eigenvalue weighted by atomic mass is 16.3. The van der Waals surface area contributed by atoms with Crippen molar-refractivity contribution in [2.24, 2.45) is 5.73 Å². The third kappa shape index (κ3) is 3.75. The zero-order valence-electron chi connectivity index (χ0n) is 10.6. The largest absolute Gasteiger partial charge is 0.508 e. The minimum atomic E-state index is -0.0963. The van der Waals surface area contributed by atoms with Crippen molar-refractivity contribution in [1.29, 1.82) is 0 Å². The first kappa shape index (κ1) is 13.5. The maximum Gasteiger partial charge on any atom is 0.253 e. The summed E-state index contributed by atoms with van der Waals surface area (Å²) in [6.07, 6.45) is 0.764. The van der Waals surface area contributed by atoms with E-state index in [0.717, 1.165) is 12.0 Å². The standard InChI is InChI=1S/C13H20N2O2/c1-9-4-5-11(8-12(9)16)13(17)15(3)7-6-10(2)14/h4-5,8,10,16H,6-7,14H2,1-3H3. The molecule has 3 N–H and O–H groups in total. The van der Waals surface area contributed by atoms with Gasteiger partial charge in [0.15, 0.2) is 0 Å². The minimum Gasteiger partial charge on any atom is -0.508 e. The molecule has 1 rings (SSSR count). The summed E-state index contributed by atoms with van der Waals surface area (Å²) in [5.74, 6) is 0.0531.